The van der Waals surface area contributed by atoms with Gasteiger partial charge in [-0.3, -0.25) is 4.98 Å². The quantitative estimate of drug-likeness (QED) is 0.904. The van der Waals surface area contributed by atoms with Gasteiger partial charge in [-0.05, 0) is 32.3 Å². The van der Waals surface area contributed by atoms with E-state index < -0.39 is 0 Å². The summed E-state index contributed by atoms with van der Waals surface area (Å²) in [6, 6.07) is 4.60. The molecule has 19 heavy (non-hydrogen) atoms. The Morgan fingerprint density at radius 1 is 1.53 bits per heavy atom. The number of pyridine rings is 1. The van der Waals surface area contributed by atoms with Crippen LogP contribution in [0, 0.1) is 23.7 Å². The Labute approximate surface area is 113 Å². The van der Waals surface area contributed by atoms with E-state index in [-0.39, 0.29) is 0 Å². The first kappa shape index (κ1) is 12.4. The summed E-state index contributed by atoms with van der Waals surface area (Å²) in [5, 5.41) is 12.7. The number of aromatic nitrogens is 1. The molecule has 4 heteroatoms. The topological polar surface area (TPSA) is 57.9 Å². The summed E-state index contributed by atoms with van der Waals surface area (Å²) in [4.78, 5) is 4.18. The van der Waals surface area contributed by atoms with E-state index in [1.165, 1.54) is 19.3 Å². The molecular formula is C15H19N3O. The number of nitrogens with one attached hydrogen (secondary N) is 1. The highest BCUT2D eigenvalue weighted by atomic mass is 16.5. The predicted molar refractivity (Wildman–Crippen MR) is 72.8 cm³/mol. The zero-order valence-electron chi connectivity index (χ0n) is 11.4. The molecule has 1 spiro atoms. The van der Waals surface area contributed by atoms with Crippen molar-refractivity contribution in [2.45, 2.75) is 44.8 Å². The molecule has 100 valence electrons. The van der Waals surface area contributed by atoms with Gasteiger partial charge in [-0.15, -0.1) is 0 Å². The largest absolute Gasteiger partial charge is 0.381 e. The maximum absolute atomic E-state index is 9.16. The molecule has 0 bridgehead atoms. The molecule has 2 saturated carbocycles. The number of anilines is 1. The van der Waals surface area contributed by atoms with E-state index in [4.69, 9.17) is 10.00 Å². The van der Waals surface area contributed by atoms with Gasteiger partial charge in [0.05, 0.1) is 17.4 Å². The van der Waals surface area contributed by atoms with Gasteiger partial charge in [-0.2, -0.15) is 5.26 Å². The Morgan fingerprint density at radius 3 is 2.89 bits per heavy atom. The first-order valence-corrected chi connectivity index (χ1v) is 6.86. The molecule has 2 fully saturated rings. The van der Waals surface area contributed by atoms with Gasteiger partial charge in [0.2, 0.25) is 0 Å². The molecular weight excluding hydrogens is 238 g/mol. The van der Waals surface area contributed by atoms with Crippen LogP contribution in [0.1, 0.15) is 36.9 Å². The highest BCUT2D eigenvalue weighted by Crippen LogP contribution is 2.58. The molecule has 0 unspecified atom stereocenters. The van der Waals surface area contributed by atoms with Crippen molar-refractivity contribution in [1.82, 2.24) is 4.98 Å². The van der Waals surface area contributed by atoms with E-state index in [1.54, 1.807) is 13.3 Å². The first-order valence-electron chi connectivity index (χ1n) is 6.86. The van der Waals surface area contributed by atoms with Crippen molar-refractivity contribution in [3.63, 3.8) is 0 Å². The number of hydrogen-bond donors (Lipinski definition) is 1. The lowest BCUT2D eigenvalue weighted by molar-refractivity contribution is -0.145. The van der Waals surface area contributed by atoms with E-state index in [0.29, 0.717) is 23.1 Å². The van der Waals surface area contributed by atoms with Crippen LogP contribution in [0.5, 0.6) is 0 Å². The molecule has 0 amide bonds. The van der Waals surface area contributed by atoms with Gasteiger partial charge in [0, 0.05) is 30.5 Å². The minimum Gasteiger partial charge on any atom is -0.381 e. The molecule has 1 heterocycles. The Bertz CT molecular complexity index is 531. The van der Waals surface area contributed by atoms with Crippen molar-refractivity contribution in [3.05, 3.63) is 23.5 Å². The molecule has 2 aliphatic carbocycles. The van der Waals surface area contributed by atoms with E-state index in [0.717, 1.165) is 17.8 Å². The van der Waals surface area contributed by atoms with Gasteiger partial charge < -0.3 is 10.1 Å². The van der Waals surface area contributed by atoms with Crippen molar-refractivity contribution in [3.8, 4) is 6.07 Å². The fourth-order valence-electron chi connectivity index (χ4n) is 3.49. The van der Waals surface area contributed by atoms with Gasteiger partial charge in [0.1, 0.15) is 6.07 Å². The number of hydrogen-bond acceptors (Lipinski definition) is 4. The Balaban J connectivity index is 1.80. The first-order chi connectivity index (χ1) is 9.19. The Morgan fingerprint density at radius 2 is 2.32 bits per heavy atom. The standard InChI is InChI=1S/C15H19N3O/c1-10-6-12(11(8-16)9-17-10)18-13-7-14(19-2)15(13)4-3-5-15/h6,9,13-14H,3-5,7H2,1-2H3,(H,17,18)/t13-,14+/m1/s1. The predicted octanol–water partition coefficient (Wildman–Crippen LogP) is 2.63. The second-order valence-electron chi connectivity index (χ2n) is 5.73. The average molecular weight is 257 g/mol. The number of methoxy groups -OCH3 is 1. The maximum atomic E-state index is 9.16. The second-order valence-corrected chi connectivity index (χ2v) is 5.73. The number of rotatable bonds is 3. The van der Waals surface area contributed by atoms with E-state index in [2.05, 4.69) is 16.4 Å². The molecule has 2 aliphatic rings. The third-order valence-corrected chi connectivity index (χ3v) is 4.84. The van der Waals surface area contributed by atoms with Crippen molar-refractivity contribution in [1.29, 1.82) is 5.26 Å². The molecule has 0 aromatic carbocycles. The molecule has 1 N–H and O–H groups in total. The van der Waals surface area contributed by atoms with Gasteiger partial charge in [0.15, 0.2) is 0 Å². The van der Waals surface area contributed by atoms with Gasteiger partial charge in [-0.25, -0.2) is 0 Å². The molecule has 4 nitrogen and oxygen atoms in total. The summed E-state index contributed by atoms with van der Waals surface area (Å²) < 4.78 is 5.57. The van der Waals surface area contributed by atoms with E-state index >= 15 is 0 Å². The number of nitriles is 1. The SMILES string of the molecule is CO[C@H]1C[C@@H](Nc2cc(C)ncc2C#N)C12CCC2. The molecule has 1 aromatic rings. The van der Waals surface area contributed by atoms with Crippen LogP contribution >= 0.6 is 0 Å². The van der Waals surface area contributed by atoms with Crippen LogP contribution in [0.4, 0.5) is 5.69 Å². The van der Waals surface area contributed by atoms with Crippen LogP contribution in [-0.4, -0.2) is 24.2 Å². The molecule has 3 rings (SSSR count). The molecule has 2 atom stereocenters. The van der Waals surface area contributed by atoms with Gasteiger partial charge in [0.25, 0.3) is 0 Å². The Hall–Kier alpha value is -1.60. The van der Waals surface area contributed by atoms with Gasteiger partial charge >= 0.3 is 0 Å². The summed E-state index contributed by atoms with van der Waals surface area (Å²) in [5.41, 5.74) is 2.78. The highest BCUT2D eigenvalue weighted by molar-refractivity contribution is 5.58. The van der Waals surface area contributed by atoms with E-state index in [1.807, 2.05) is 13.0 Å². The number of nitrogens with zero attached hydrogens (tertiary/aromatic N) is 2. The van der Waals surface area contributed by atoms with Crippen LogP contribution in [0.3, 0.4) is 0 Å². The number of aryl methyl sites for hydroxylation is 1. The fourth-order valence-corrected chi connectivity index (χ4v) is 3.49. The van der Waals surface area contributed by atoms with E-state index in [9.17, 15) is 0 Å². The minimum absolute atomic E-state index is 0.304. The van der Waals surface area contributed by atoms with Crippen molar-refractivity contribution in [2.24, 2.45) is 5.41 Å². The summed E-state index contributed by atoms with van der Waals surface area (Å²) >= 11 is 0. The van der Waals surface area contributed by atoms with Crippen molar-refractivity contribution in [2.75, 3.05) is 12.4 Å². The maximum Gasteiger partial charge on any atom is 0.103 e. The molecule has 1 aromatic heterocycles. The summed E-state index contributed by atoms with van der Waals surface area (Å²) in [6.45, 7) is 1.95. The monoisotopic (exact) mass is 257 g/mol. The summed E-state index contributed by atoms with van der Waals surface area (Å²) in [5.74, 6) is 0. The zero-order chi connectivity index (χ0) is 13.5. The second kappa shape index (κ2) is 4.50. The molecule has 0 saturated heterocycles. The zero-order valence-corrected chi connectivity index (χ0v) is 11.4. The van der Waals surface area contributed by atoms with Gasteiger partial charge in [-0.1, -0.05) is 6.42 Å². The van der Waals surface area contributed by atoms with Crippen LogP contribution in [0.2, 0.25) is 0 Å². The van der Waals surface area contributed by atoms with Crippen LogP contribution < -0.4 is 5.32 Å². The van der Waals surface area contributed by atoms with Crippen molar-refractivity contribution >= 4 is 5.69 Å². The minimum atomic E-state index is 0.304. The highest BCUT2D eigenvalue weighted by Gasteiger charge is 2.58. The van der Waals surface area contributed by atoms with Crippen LogP contribution in [0.15, 0.2) is 12.3 Å². The lowest BCUT2D eigenvalue weighted by atomic mass is 9.51. The average Bonchev–Trinajstić information content (AvgIpc) is 2.32. The normalized spacial score (nSPS) is 27.2. The van der Waals surface area contributed by atoms with Crippen molar-refractivity contribution < 1.29 is 4.74 Å². The van der Waals surface area contributed by atoms with Crippen LogP contribution in [-0.2, 0) is 4.74 Å². The molecule has 0 aliphatic heterocycles. The Kier molecular flexibility index (Phi) is 2.94. The fraction of sp³-hybridized carbons (Fsp3) is 0.600. The lowest BCUT2D eigenvalue weighted by Gasteiger charge is -2.61. The lowest BCUT2D eigenvalue weighted by Crippen LogP contribution is -2.64. The smallest absolute Gasteiger partial charge is 0.103 e. The third kappa shape index (κ3) is 1.81. The van der Waals surface area contributed by atoms with Crippen LogP contribution in [0.25, 0.3) is 0 Å². The summed E-state index contributed by atoms with van der Waals surface area (Å²) in [6.07, 6.45) is 6.82. The molecule has 0 radical (unpaired) electrons. The third-order valence-electron chi connectivity index (χ3n) is 4.84. The summed E-state index contributed by atoms with van der Waals surface area (Å²) in [7, 11) is 1.80. The number of ether oxygens (including phenoxy) is 1.